The highest BCUT2D eigenvalue weighted by molar-refractivity contribution is 7.90. The van der Waals surface area contributed by atoms with Gasteiger partial charge in [0.05, 0.1) is 15.1 Å². The second kappa shape index (κ2) is 7.14. The van der Waals surface area contributed by atoms with Gasteiger partial charge in [0.15, 0.2) is 26.5 Å². The minimum atomic E-state index is -5.15. The summed E-state index contributed by atoms with van der Waals surface area (Å²) >= 11 is 6.70. The number of nitrogens with one attached hydrogen (secondary N) is 2. The molecule has 4 rings (SSSR count). The average molecular weight is 494 g/mol. The van der Waals surface area contributed by atoms with E-state index in [1.165, 1.54) is 30.3 Å². The molecule has 164 valence electrons. The van der Waals surface area contributed by atoms with Gasteiger partial charge >= 0.3 is 18.1 Å². The largest absolute Gasteiger partial charge is 0.492 e. The highest BCUT2D eigenvalue weighted by Crippen LogP contribution is 2.46. The third kappa shape index (κ3) is 4.07. The van der Waals surface area contributed by atoms with Crippen LogP contribution in [0.5, 0.6) is 11.5 Å². The molecule has 0 fully saturated rings. The lowest BCUT2D eigenvalue weighted by Gasteiger charge is -2.29. The number of nitrogens with zero attached hydrogens (tertiary/aromatic N) is 1. The predicted molar refractivity (Wildman–Crippen MR) is 106 cm³/mol. The quantitative estimate of drug-likeness (QED) is 0.567. The maximum atomic E-state index is 13.7. The molecule has 0 aliphatic carbocycles. The Balaban J connectivity index is 1.57. The molecule has 0 saturated carbocycles. The van der Waals surface area contributed by atoms with Crippen molar-refractivity contribution in [1.82, 2.24) is 10.3 Å². The number of benzene rings is 2. The lowest BCUT2D eigenvalue weighted by atomic mass is 10.3. The standard InChI is InChI=1S/C17H11ClF3N3O5S2/c1-31(26,27)9-3-5-13-10(7-9)22-15(30-13)23-14(25)24-17(16(19,20)21)28-11-4-2-8(18)6-12(11)29-17/h2-7H,1H3,(H2,22,23,24,25)/t17-/m1/s1. The summed E-state index contributed by atoms with van der Waals surface area (Å²) < 4.78 is 74.7. The van der Waals surface area contributed by atoms with Gasteiger partial charge in [-0.05, 0) is 30.3 Å². The van der Waals surface area contributed by atoms with E-state index < -0.39 is 28.0 Å². The monoisotopic (exact) mass is 493 g/mol. The first-order chi connectivity index (χ1) is 14.4. The van der Waals surface area contributed by atoms with Crippen molar-refractivity contribution in [2.45, 2.75) is 17.0 Å². The number of fused-ring (bicyclic) bond motifs is 2. The zero-order chi connectivity index (χ0) is 22.6. The second-order valence-electron chi connectivity index (χ2n) is 6.41. The van der Waals surface area contributed by atoms with Crippen molar-refractivity contribution in [1.29, 1.82) is 0 Å². The highest BCUT2D eigenvalue weighted by atomic mass is 35.5. The summed E-state index contributed by atoms with van der Waals surface area (Å²) in [6, 6.07) is 6.44. The molecule has 8 nitrogen and oxygen atoms in total. The number of alkyl halides is 3. The second-order valence-corrected chi connectivity index (χ2v) is 9.89. The van der Waals surface area contributed by atoms with Gasteiger partial charge in [-0.25, -0.2) is 18.2 Å². The number of ether oxygens (including phenoxy) is 2. The molecule has 2 amide bonds. The van der Waals surface area contributed by atoms with Gasteiger partial charge in [0, 0.05) is 17.3 Å². The summed E-state index contributed by atoms with van der Waals surface area (Å²) in [5.74, 6) is -4.02. The van der Waals surface area contributed by atoms with Gasteiger partial charge in [-0.1, -0.05) is 22.9 Å². The molecule has 1 aliphatic heterocycles. The molecular weight excluding hydrogens is 483 g/mol. The molecule has 0 bridgehead atoms. The summed E-state index contributed by atoms with van der Waals surface area (Å²) in [6.45, 7) is 0. The SMILES string of the molecule is CS(=O)(=O)c1ccc2sc(NC(=O)N[C@]3(C(F)(F)F)Oc4ccc(Cl)cc4O3)nc2c1. The van der Waals surface area contributed by atoms with Gasteiger partial charge < -0.3 is 9.47 Å². The van der Waals surface area contributed by atoms with E-state index in [1.54, 1.807) is 5.32 Å². The fourth-order valence-corrected chi connectivity index (χ4v) is 4.33. The first kappa shape index (κ1) is 21.5. The normalized spacial score (nSPS) is 18.2. The van der Waals surface area contributed by atoms with Crippen LogP contribution in [0.25, 0.3) is 10.2 Å². The summed E-state index contributed by atoms with van der Waals surface area (Å²) in [6.07, 6.45) is -4.12. The lowest BCUT2D eigenvalue weighted by molar-refractivity contribution is -0.317. The molecule has 0 saturated heterocycles. The van der Waals surface area contributed by atoms with Crippen LogP contribution in [-0.2, 0) is 9.84 Å². The minimum absolute atomic E-state index is 0.0153. The van der Waals surface area contributed by atoms with Crippen LogP contribution in [0.2, 0.25) is 5.02 Å². The first-order valence-electron chi connectivity index (χ1n) is 8.30. The fourth-order valence-electron chi connectivity index (χ4n) is 2.68. The Kier molecular flexibility index (Phi) is 4.94. The maximum Gasteiger partial charge on any atom is 0.492 e. The van der Waals surface area contributed by atoms with Crippen molar-refractivity contribution in [2.24, 2.45) is 0 Å². The molecule has 2 aromatic carbocycles. The number of anilines is 1. The van der Waals surface area contributed by atoms with Crippen LogP contribution >= 0.6 is 22.9 Å². The van der Waals surface area contributed by atoms with Crippen molar-refractivity contribution < 1.29 is 35.9 Å². The molecule has 0 radical (unpaired) electrons. The predicted octanol–water partition coefficient (Wildman–Crippen LogP) is 4.16. The Morgan fingerprint density at radius 1 is 1.16 bits per heavy atom. The van der Waals surface area contributed by atoms with E-state index in [4.69, 9.17) is 21.1 Å². The zero-order valence-electron chi connectivity index (χ0n) is 15.3. The number of halogens is 4. The van der Waals surface area contributed by atoms with E-state index in [0.717, 1.165) is 23.7 Å². The molecule has 0 spiro atoms. The van der Waals surface area contributed by atoms with Gasteiger partial charge in [0.1, 0.15) is 0 Å². The number of amides is 2. The van der Waals surface area contributed by atoms with Crippen LogP contribution in [0.4, 0.5) is 23.1 Å². The highest BCUT2D eigenvalue weighted by Gasteiger charge is 2.65. The molecule has 31 heavy (non-hydrogen) atoms. The Labute approximate surface area is 181 Å². The van der Waals surface area contributed by atoms with Crippen LogP contribution in [0.1, 0.15) is 0 Å². The molecule has 1 aliphatic rings. The number of carbonyl (C=O) groups is 1. The summed E-state index contributed by atoms with van der Waals surface area (Å²) in [4.78, 5) is 16.4. The van der Waals surface area contributed by atoms with E-state index in [1.807, 2.05) is 0 Å². The summed E-state index contributed by atoms with van der Waals surface area (Å²) in [7, 11) is -3.48. The van der Waals surface area contributed by atoms with Crippen LogP contribution in [0, 0.1) is 0 Å². The fraction of sp³-hybridized carbons (Fsp3) is 0.176. The number of hydrogen-bond acceptors (Lipinski definition) is 7. The zero-order valence-corrected chi connectivity index (χ0v) is 17.7. The van der Waals surface area contributed by atoms with Gasteiger partial charge in [0.2, 0.25) is 0 Å². The number of aromatic nitrogens is 1. The topological polar surface area (TPSA) is 107 Å². The Morgan fingerprint density at radius 2 is 1.87 bits per heavy atom. The molecule has 2 N–H and O–H groups in total. The van der Waals surface area contributed by atoms with Crippen molar-refractivity contribution >= 4 is 54.2 Å². The molecule has 2 heterocycles. The van der Waals surface area contributed by atoms with E-state index in [-0.39, 0.29) is 32.1 Å². The number of urea groups is 1. The van der Waals surface area contributed by atoms with Crippen molar-refractivity contribution in [3.05, 3.63) is 41.4 Å². The minimum Gasteiger partial charge on any atom is -0.424 e. The van der Waals surface area contributed by atoms with Gasteiger partial charge in [-0.2, -0.15) is 13.2 Å². The van der Waals surface area contributed by atoms with Crippen LogP contribution in [0.15, 0.2) is 41.3 Å². The van der Waals surface area contributed by atoms with E-state index in [9.17, 15) is 26.4 Å². The van der Waals surface area contributed by atoms with Gasteiger partial charge in [0.25, 0.3) is 0 Å². The number of hydrogen-bond donors (Lipinski definition) is 2. The molecule has 0 unspecified atom stereocenters. The molecule has 1 aromatic heterocycles. The third-order valence-electron chi connectivity index (χ3n) is 4.07. The Morgan fingerprint density at radius 3 is 2.55 bits per heavy atom. The van der Waals surface area contributed by atoms with Gasteiger partial charge in [-0.3, -0.25) is 10.6 Å². The van der Waals surface area contributed by atoms with E-state index in [0.29, 0.717) is 4.70 Å². The number of carbonyl (C=O) groups excluding carboxylic acids is 1. The van der Waals surface area contributed by atoms with E-state index >= 15 is 0 Å². The molecule has 1 atom stereocenters. The molecule has 14 heteroatoms. The molecular formula is C17H11ClF3N3O5S2. The number of sulfone groups is 1. The van der Waals surface area contributed by atoms with Crippen LogP contribution in [-0.4, -0.2) is 37.8 Å². The average Bonchev–Trinajstić information content (AvgIpc) is 3.19. The van der Waals surface area contributed by atoms with Gasteiger partial charge in [-0.15, -0.1) is 0 Å². The number of thiazole rings is 1. The van der Waals surface area contributed by atoms with Crippen molar-refractivity contribution in [2.75, 3.05) is 11.6 Å². The van der Waals surface area contributed by atoms with E-state index in [2.05, 4.69) is 10.3 Å². The Bertz CT molecular complexity index is 1310. The first-order valence-corrected chi connectivity index (χ1v) is 11.4. The van der Waals surface area contributed by atoms with Crippen molar-refractivity contribution in [3.8, 4) is 11.5 Å². The smallest absolute Gasteiger partial charge is 0.424 e. The number of rotatable bonds is 3. The maximum absolute atomic E-state index is 13.7. The summed E-state index contributed by atoms with van der Waals surface area (Å²) in [5, 5.41) is 3.87. The molecule has 3 aromatic rings. The van der Waals surface area contributed by atoms with Crippen LogP contribution in [0.3, 0.4) is 0 Å². The lowest BCUT2D eigenvalue weighted by Crippen LogP contribution is -2.65. The third-order valence-corrected chi connectivity index (χ3v) is 6.37. The van der Waals surface area contributed by atoms with Crippen molar-refractivity contribution in [3.63, 3.8) is 0 Å². The summed E-state index contributed by atoms with van der Waals surface area (Å²) in [5.41, 5.74) is 0.254. The Hall–Kier alpha value is -2.77. The van der Waals surface area contributed by atoms with Crippen LogP contribution < -0.4 is 20.1 Å².